The first-order chi connectivity index (χ1) is 17.0. The number of ether oxygens (including phenoxy) is 1. The first-order valence-electron chi connectivity index (χ1n) is 12.1. The molecule has 12 heteroatoms. The molecule has 2 aromatic rings. The molecule has 8 nitrogen and oxygen atoms in total. The summed E-state index contributed by atoms with van der Waals surface area (Å²) in [5.74, 6) is -0.0317. The molecular formula is C25H33BFN2O6PS. The number of halogens is 1. The molecule has 37 heavy (non-hydrogen) atoms. The van der Waals surface area contributed by atoms with E-state index in [1.165, 1.54) is 4.57 Å². The van der Waals surface area contributed by atoms with E-state index in [9.17, 15) is 9.90 Å². The van der Waals surface area contributed by atoms with E-state index in [-0.39, 0.29) is 17.8 Å². The molecule has 0 spiro atoms. The van der Waals surface area contributed by atoms with Gasteiger partial charge in [-0.05, 0) is 42.2 Å². The number of aromatic nitrogens is 2. The zero-order valence-corrected chi connectivity index (χ0v) is 23.9. The quantitative estimate of drug-likeness (QED) is 0.231. The van der Waals surface area contributed by atoms with Crippen LogP contribution in [0.5, 0.6) is 5.75 Å². The molecule has 2 radical (unpaired) electrons. The number of H-pyrrole nitrogens is 1. The average Bonchev–Trinajstić information content (AvgIpc) is 3.25. The second-order valence-electron chi connectivity index (χ2n) is 11.7. The molecule has 2 aliphatic heterocycles. The van der Waals surface area contributed by atoms with Crippen LogP contribution in [0.15, 0.2) is 17.1 Å². The van der Waals surface area contributed by atoms with Crippen molar-refractivity contribution >= 4 is 28.7 Å². The van der Waals surface area contributed by atoms with E-state index >= 15 is 4.39 Å². The van der Waals surface area contributed by atoms with Gasteiger partial charge in [-0.25, -0.2) is 9.18 Å². The third-order valence-electron chi connectivity index (χ3n) is 6.54. The lowest BCUT2D eigenvalue weighted by molar-refractivity contribution is -0.172. The van der Waals surface area contributed by atoms with Crippen LogP contribution in [0.25, 0.3) is 0 Å². The van der Waals surface area contributed by atoms with Gasteiger partial charge in [0.2, 0.25) is 0 Å². The maximum Gasteiger partial charge on any atom is 0.399 e. The van der Waals surface area contributed by atoms with Crippen molar-refractivity contribution in [2.24, 2.45) is 0 Å². The summed E-state index contributed by atoms with van der Waals surface area (Å²) in [7, 11) is 3.95. The monoisotopic (exact) mass is 550 g/mol. The molecule has 4 unspecified atom stereocenters. The molecule has 1 aromatic carbocycles. The van der Waals surface area contributed by atoms with Crippen LogP contribution < -0.4 is 10.2 Å². The molecule has 1 aromatic heterocycles. The SMILES string of the molecule is [B]C(O)(OP1OCc2c(F)c(C(C)(C)C)cc(C(C)(C)C)c2O1)C1CCC(n2cc(C)c(=S)[nH]c2=O)O1. The largest absolute Gasteiger partial charge is 0.426 e. The number of hydrogen-bond acceptors (Lipinski definition) is 7. The number of fused-ring (bicyclic) bond motifs is 1. The standard InChI is InChI=1S/C25H33BFN2O6PS/c1-13-11-29(22(30)28-21(13)37)18-9-8-17(33-18)25(26,31)35-36-32-12-14-19(27)15(23(2,3)4)10-16(20(14)34-36)24(5,6)7/h10-11,17-18,31H,8-9,12H2,1-7H3,(H,28,30,37). The lowest BCUT2D eigenvalue weighted by Gasteiger charge is -2.37. The van der Waals surface area contributed by atoms with E-state index in [4.69, 9.17) is 38.4 Å². The molecule has 2 N–H and O–H groups in total. The highest BCUT2D eigenvalue weighted by atomic mass is 32.1. The van der Waals surface area contributed by atoms with Gasteiger partial charge in [0.15, 0.2) is 13.5 Å². The molecule has 0 aliphatic carbocycles. The maximum absolute atomic E-state index is 15.5. The van der Waals surface area contributed by atoms with Gasteiger partial charge in [-0.15, -0.1) is 0 Å². The molecule has 1 fully saturated rings. The summed E-state index contributed by atoms with van der Waals surface area (Å²) in [6.45, 7) is 13.6. The molecule has 200 valence electrons. The molecule has 4 atom stereocenters. The van der Waals surface area contributed by atoms with E-state index < -0.39 is 37.7 Å². The van der Waals surface area contributed by atoms with E-state index in [2.05, 4.69) is 4.98 Å². The van der Waals surface area contributed by atoms with Crippen molar-refractivity contribution in [3.8, 4) is 5.75 Å². The van der Waals surface area contributed by atoms with Crippen LogP contribution in [0.1, 0.15) is 82.9 Å². The molecule has 0 amide bonds. The van der Waals surface area contributed by atoms with Crippen LogP contribution in [-0.2, 0) is 31.2 Å². The van der Waals surface area contributed by atoms with Gasteiger partial charge in [-0.3, -0.25) is 18.6 Å². The Hall–Kier alpha value is -1.62. The van der Waals surface area contributed by atoms with E-state index in [0.29, 0.717) is 39.9 Å². The van der Waals surface area contributed by atoms with E-state index in [1.807, 2.05) is 47.6 Å². The second kappa shape index (κ2) is 9.85. The van der Waals surface area contributed by atoms with Gasteiger partial charge >= 0.3 is 14.3 Å². The number of rotatable bonds is 4. The number of aryl methyl sites for hydroxylation is 1. The van der Waals surface area contributed by atoms with Crippen molar-refractivity contribution in [2.45, 2.75) is 96.8 Å². The highest BCUT2D eigenvalue weighted by Gasteiger charge is 2.45. The predicted molar refractivity (Wildman–Crippen MR) is 142 cm³/mol. The maximum atomic E-state index is 15.5. The van der Waals surface area contributed by atoms with Gasteiger partial charge in [-0.2, -0.15) is 0 Å². The lowest BCUT2D eigenvalue weighted by atomic mass is 9.78. The van der Waals surface area contributed by atoms with Gasteiger partial charge in [0.1, 0.15) is 28.5 Å². The first kappa shape index (κ1) is 28.4. The molecule has 3 heterocycles. The molecule has 1 saturated heterocycles. The van der Waals surface area contributed by atoms with Crippen LogP contribution in [0, 0.1) is 17.4 Å². The highest BCUT2D eigenvalue weighted by molar-refractivity contribution is 7.71. The molecule has 0 saturated carbocycles. The Kier molecular flexibility index (Phi) is 7.56. The third-order valence-corrected chi connectivity index (χ3v) is 8.08. The normalized spacial score (nSPS) is 23.9. The average molecular weight is 550 g/mol. The highest BCUT2D eigenvalue weighted by Crippen LogP contribution is 2.54. The number of aliphatic hydroxyl groups is 1. The minimum Gasteiger partial charge on any atom is -0.426 e. The van der Waals surface area contributed by atoms with Crippen molar-refractivity contribution in [1.82, 2.24) is 9.55 Å². The fraction of sp³-hybridized carbons (Fsp3) is 0.600. The van der Waals surface area contributed by atoms with Crippen LogP contribution in [0.3, 0.4) is 0 Å². The molecule has 0 bridgehead atoms. The Morgan fingerprint density at radius 1 is 1.22 bits per heavy atom. The molecule has 4 rings (SSSR count). The lowest BCUT2D eigenvalue weighted by Crippen LogP contribution is -2.45. The Bertz CT molecular complexity index is 1320. The van der Waals surface area contributed by atoms with Crippen LogP contribution in [0.4, 0.5) is 4.39 Å². The van der Waals surface area contributed by atoms with Gasteiger partial charge in [0, 0.05) is 17.3 Å². The van der Waals surface area contributed by atoms with Crippen molar-refractivity contribution in [2.75, 3.05) is 0 Å². The topological polar surface area (TPSA) is 94.9 Å². The van der Waals surface area contributed by atoms with Gasteiger partial charge in [0.25, 0.3) is 0 Å². The summed E-state index contributed by atoms with van der Waals surface area (Å²) in [5.41, 5.74) is -1.07. The van der Waals surface area contributed by atoms with Crippen LogP contribution in [0.2, 0.25) is 0 Å². The molecular weight excluding hydrogens is 517 g/mol. The number of benzene rings is 1. The van der Waals surface area contributed by atoms with Gasteiger partial charge in [-0.1, -0.05) is 53.8 Å². The number of hydrogen-bond donors (Lipinski definition) is 2. The minimum absolute atomic E-state index is 0.0952. The van der Waals surface area contributed by atoms with Crippen molar-refractivity contribution < 1.29 is 27.8 Å². The van der Waals surface area contributed by atoms with Crippen LogP contribution in [-0.4, -0.2) is 34.3 Å². The predicted octanol–water partition coefficient (Wildman–Crippen LogP) is 5.29. The van der Waals surface area contributed by atoms with Crippen molar-refractivity contribution in [3.05, 3.63) is 55.5 Å². The zero-order valence-electron chi connectivity index (χ0n) is 22.2. The smallest absolute Gasteiger partial charge is 0.399 e. The summed E-state index contributed by atoms with van der Waals surface area (Å²) in [4.78, 5) is 15.0. The van der Waals surface area contributed by atoms with Crippen molar-refractivity contribution in [3.63, 3.8) is 0 Å². The Labute approximate surface area is 223 Å². The summed E-state index contributed by atoms with van der Waals surface area (Å²) >= 11 is 5.10. The molecule has 2 aliphatic rings. The second-order valence-corrected chi connectivity index (χ2v) is 13.1. The summed E-state index contributed by atoms with van der Waals surface area (Å²) in [6.07, 6.45) is 0.699. The first-order valence-corrected chi connectivity index (χ1v) is 13.6. The number of nitrogens with zero attached hydrogens (tertiary/aromatic N) is 1. The van der Waals surface area contributed by atoms with Gasteiger partial charge < -0.3 is 14.4 Å². The Balaban J connectivity index is 1.55. The fourth-order valence-electron chi connectivity index (χ4n) is 4.40. The summed E-state index contributed by atoms with van der Waals surface area (Å²) in [5, 5.41) is 11.0. The summed E-state index contributed by atoms with van der Waals surface area (Å²) < 4.78 is 40.5. The van der Waals surface area contributed by atoms with Crippen molar-refractivity contribution in [1.29, 1.82) is 0 Å². The summed E-state index contributed by atoms with van der Waals surface area (Å²) in [6, 6.07) is 1.83. The number of nitrogens with one attached hydrogen (secondary N) is 1. The van der Waals surface area contributed by atoms with Crippen LogP contribution >= 0.6 is 20.8 Å². The third kappa shape index (κ3) is 5.72. The van der Waals surface area contributed by atoms with Gasteiger partial charge in [0.05, 0.1) is 12.2 Å². The van der Waals surface area contributed by atoms with E-state index in [0.717, 1.165) is 5.56 Å². The zero-order chi connectivity index (χ0) is 27.5. The minimum atomic E-state index is -2.27. The Morgan fingerprint density at radius 3 is 2.49 bits per heavy atom. The number of aromatic amines is 1. The fourth-order valence-corrected chi connectivity index (χ4v) is 5.64. The van der Waals surface area contributed by atoms with E-state index in [1.54, 1.807) is 13.1 Å². The Morgan fingerprint density at radius 2 is 1.86 bits per heavy atom.